The topological polar surface area (TPSA) is 20.2 Å². The van der Waals surface area contributed by atoms with E-state index in [1.54, 1.807) is 36.4 Å². The maximum Gasteiger partial charge on any atom is 0.106 e. The molecule has 2 aromatic rings. The fourth-order valence-corrected chi connectivity index (χ4v) is 2.52. The van der Waals surface area contributed by atoms with Crippen LogP contribution in [0.3, 0.4) is 0 Å². The first kappa shape index (κ1) is 14.2. The van der Waals surface area contributed by atoms with Gasteiger partial charge in [-0.3, -0.25) is 0 Å². The van der Waals surface area contributed by atoms with E-state index in [0.717, 1.165) is 4.47 Å². The molecule has 5 heteroatoms. The van der Waals surface area contributed by atoms with Gasteiger partial charge < -0.3 is 5.11 Å². The second kappa shape index (κ2) is 5.81. The summed E-state index contributed by atoms with van der Waals surface area (Å²) < 4.78 is 0.721. The van der Waals surface area contributed by atoms with Crippen molar-refractivity contribution in [1.82, 2.24) is 0 Å². The fourth-order valence-electron chi connectivity index (χ4n) is 1.59. The molecular weight excluding hydrogens is 358 g/mol. The molecular formula is C13H8BrCl3O. The van der Waals surface area contributed by atoms with Crippen molar-refractivity contribution >= 4 is 50.7 Å². The van der Waals surface area contributed by atoms with E-state index < -0.39 is 6.10 Å². The highest BCUT2D eigenvalue weighted by Gasteiger charge is 2.16. The zero-order valence-corrected chi connectivity index (χ0v) is 12.9. The minimum atomic E-state index is -0.843. The molecule has 0 spiro atoms. The highest BCUT2D eigenvalue weighted by molar-refractivity contribution is 9.10. The minimum absolute atomic E-state index is 0.359. The summed E-state index contributed by atoms with van der Waals surface area (Å²) in [4.78, 5) is 0. The molecule has 0 aromatic heterocycles. The summed E-state index contributed by atoms with van der Waals surface area (Å²) in [5.41, 5.74) is 1.26. The van der Waals surface area contributed by atoms with Crippen LogP contribution in [0.15, 0.2) is 40.9 Å². The van der Waals surface area contributed by atoms with Crippen LogP contribution in [0, 0.1) is 0 Å². The Kier molecular flexibility index (Phi) is 4.57. The van der Waals surface area contributed by atoms with Crippen molar-refractivity contribution in [3.05, 3.63) is 67.1 Å². The summed E-state index contributed by atoms with van der Waals surface area (Å²) in [6, 6.07) is 10.4. The molecule has 0 heterocycles. The molecule has 0 aliphatic carbocycles. The van der Waals surface area contributed by atoms with Gasteiger partial charge in [0.25, 0.3) is 0 Å². The smallest absolute Gasteiger partial charge is 0.106 e. The predicted octanol–water partition coefficient (Wildman–Crippen LogP) is 5.49. The molecule has 18 heavy (non-hydrogen) atoms. The van der Waals surface area contributed by atoms with Crippen LogP contribution in [-0.4, -0.2) is 5.11 Å². The van der Waals surface area contributed by atoms with Gasteiger partial charge in [-0.05, 0) is 39.7 Å². The number of hydrogen-bond acceptors (Lipinski definition) is 1. The highest BCUT2D eigenvalue weighted by Crippen LogP contribution is 2.34. The Balaban J connectivity index is 2.44. The molecule has 0 aliphatic heterocycles. The molecule has 2 rings (SSSR count). The Bertz CT molecular complexity index is 586. The second-order valence-electron chi connectivity index (χ2n) is 3.72. The van der Waals surface area contributed by atoms with E-state index in [4.69, 9.17) is 34.8 Å². The number of aliphatic hydroxyl groups is 1. The van der Waals surface area contributed by atoms with E-state index >= 15 is 0 Å². The van der Waals surface area contributed by atoms with Crippen molar-refractivity contribution in [2.45, 2.75) is 6.10 Å². The molecule has 0 amide bonds. The predicted molar refractivity (Wildman–Crippen MR) is 79.7 cm³/mol. The van der Waals surface area contributed by atoms with Gasteiger partial charge in [-0.1, -0.05) is 53.0 Å². The first-order valence-electron chi connectivity index (χ1n) is 5.07. The highest BCUT2D eigenvalue weighted by atomic mass is 79.9. The summed E-state index contributed by atoms with van der Waals surface area (Å²) >= 11 is 21.2. The van der Waals surface area contributed by atoms with Crippen LogP contribution in [0.25, 0.3) is 0 Å². The van der Waals surface area contributed by atoms with Crippen LogP contribution in [0.4, 0.5) is 0 Å². The van der Waals surface area contributed by atoms with Crippen molar-refractivity contribution < 1.29 is 5.11 Å². The van der Waals surface area contributed by atoms with Crippen LogP contribution in [0.5, 0.6) is 0 Å². The number of benzene rings is 2. The van der Waals surface area contributed by atoms with Gasteiger partial charge in [-0.15, -0.1) is 0 Å². The Morgan fingerprint density at radius 2 is 1.72 bits per heavy atom. The molecule has 0 radical (unpaired) electrons. The number of halogens is 4. The lowest BCUT2D eigenvalue weighted by atomic mass is 10.0. The minimum Gasteiger partial charge on any atom is -0.384 e. The van der Waals surface area contributed by atoms with Gasteiger partial charge in [0, 0.05) is 10.0 Å². The monoisotopic (exact) mass is 364 g/mol. The first-order valence-corrected chi connectivity index (χ1v) is 7.00. The maximum absolute atomic E-state index is 10.3. The first-order chi connectivity index (χ1) is 8.50. The van der Waals surface area contributed by atoms with E-state index in [-0.39, 0.29) is 0 Å². The van der Waals surface area contributed by atoms with Crippen molar-refractivity contribution in [2.75, 3.05) is 0 Å². The molecule has 1 nitrogen and oxygen atoms in total. The van der Waals surface area contributed by atoms with Crippen molar-refractivity contribution in [3.8, 4) is 0 Å². The summed E-state index contributed by atoms with van der Waals surface area (Å²) in [7, 11) is 0. The standard InChI is InChI=1S/C13H8BrCl3O/c14-9-6-7(4-5-10(9)15)13(18)8-2-1-3-11(16)12(8)17/h1-6,13,18H. The third kappa shape index (κ3) is 2.84. The lowest BCUT2D eigenvalue weighted by molar-refractivity contribution is 0.220. The quantitative estimate of drug-likeness (QED) is 0.745. The van der Waals surface area contributed by atoms with Crippen molar-refractivity contribution in [1.29, 1.82) is 0 Å². The normalized spacial score (nSPS) is 12.5. The van der Waals surface area contributed by atoms with Crippen LogP contribution in [0.1, 0.15) is 17.2 Å². The van der Waals surface area contributed by atoms with E-state index in [1.165, 1.54) is 0 Å². The van der Waals surface area contributed by atoms with E-state index in [9.17, 15) is 5.11 Å². The average Bonchev–Trinajstić information content (AvgIpc) is 2.35. The summed E-state index contributed by atoms with van der Waals surface area (Å²) in [6.45, 7) is 0. The Morgan fingerprint density at radius 1 is 1.00 bits per heavy atom. The zero-order chi connectivity index (χ0) is 13.3. The van der Waals surface area contributed by atoms with Gasteiger partial charge in [-0.2, -0.15) is 0 Å². The maximum atomic E-state index is 10.3. The van der Waals surface area contributed by atoms with E-state index in [0.29, 0.717) is 26.2 Å². The molecule has 2 aromatic carbocycles. The summed E-state index contributed by atoms with van der Waals surface area (Å²) in [5.74, 6) is 0. The number of hydrogen-bond donors (Lipinski definition) is 1. The van der Waals surface area contributed by atoms with Crippen molar-refractivity contribution in [3.63, 3.8) is 0 Å². The van der Waals surface area contributed by atoms with Crippen LogP contribution in [0.2, 0.25) is 15.1 Å². The third-order valence-corrected chi connectivity index (χ3v) is 4.58. The van der Waals surface area contributed by atoms with E-state index in [1.807, 2.05) is 0 Å². The SMILES string of the molecule is OC(c1ccc(Cl)c(Br)c1)c1cccc(Cl)c1Cl. The van der Waals surface area contributed by atoms with Crippen LogP contribution >= 0.6 is 50.7 Å². The van der Waals surface area contributed by atoms with Crippen LogP contribution in [-0.2, 0) is 0 Å². The largest absolute Gasteiger partial charge is 0.384 e. The lowest BCUT2D eigenvalue weighted by Gasteiger charge is -2.14. The van der Waals surface area contributed by atoms with Gasteiger partial charge in [0.05, 0.1) is 15.1 Å². The van der Waals surface area contributed by atoms with Crippen molar-refractivity contribution in [2.24, 2.45) is 0 Å². The molecule has 1 atom stereocenters. The molecule has 1 unspecified atom stereocenters. The molecule has 0 saturated carbocycles. The van der Waals surface area contributed by atoms with E-state index in [2.05, 4.69) is 15.9 Å². The molecule has 0 fully saturated rings. The zero-order valence-electron chi connectivity index (χ0n) is 9.00. The second-order valence-corrected chi connectivity index (χ2v) is 5.77. The van der Waals surface area contributed by atoms with Gasteiger partial charge >= 0.3 is 0 Å². The van der Waals surface area contributed by atoms with Gasteiger partial charge in [0.1, 0.15) is 6.10 Å². The molecule has 1 N–H and O–H groups in total. The average molecular weight is 366 g/mol. The lowest BCUT2D eigenvalue weighted by Crippen LogP contribution is -2.00. The Labute approximate surface area is 128 Å². The van der Waals surface area contributed by atoms with Gasteiger partial charge in [-0.25, -0.2) is 0 Å². The number of rotatable bonds is 2. The van der Waals surface area contributed by atoms with Gasteiger partial charge in [0.2, 0.25) is 0 Å². The number of aliphatic hydroxyl groups excluding tert-OH is 1. The van der Waals surface area contributed by atoms with Gasteiger partial charge in [0.15, 0.2) is 0 Å². The fraction of sp³-hybridized carbons (Fsp3) is 0.0769. The Hall–Kier alpha value is -0.250. The molecule has 0 bridgehead atoms. The van der Waals surface area contributed by atoms with Crippen LogP contribution < -0.4 is 0 Å². The Morgan fingerprint density at radius 3 is 2.39 bits per heavy atom. The molecule has 94 valence electrons. The third-order valence-electron chi connectivity index (χ3n) is 2.54. The molecule has 0 aliphatic rings. The summed E-state index contributed by atoms with van der Waals surface area (Å²) in [5, 5.41) is 11.7. The molecule has 0 saturated heterocycles. The summed E-state index contributed by atoms with van der Waals surface area (Å²) in [6.07, 6.45) is -0.843.